The van der Waals surface area contributed by atoms with Gasteiger partial charge in [-0.1, -0.05) is 66.2 Å². The minimum absolute atomic E-state index is 0.0126. The minimum atomic E-state index is 0.0126. The number of hydrogen-bond acceptors (Lipinski definition) is 4. The number of nitrogens with zero attached hydrogens (tertiary/aromatic N) is 2. The monoisotopic (exact) mass is 428 g/mol. The van der Waals surface area contributed by atoms with Crippen LogP contribution in [-0.2, 0) is 0 Å². The summed E-state index contributed by atoms with van der Waals surface area (Å²) in [7, 11) is 0. The fourth-order valence-corrected chi connectivity index (χ4v) is 4.59. The molecule has 0 spiro atoms. The lowest BCUT2D eigenvalue weighted by molar-refractivity contribution is 0.0589. The predicted molar refractivity (Wildman–Crippen MR) is 124 cm³/mol. The normalized spacial score (nSPS) is 17.1. The highest BCUT2D eigenvalue weighted by Crippen LogP contribution is 2.35. The highest BCUT2D eigenvalue weighted by atomic mass is 16.6. The number of benzene rings is 3. The summed E-state index contributed by atoms with van der Waals surface area (Å²) < 4.78 is 11.4. The number of hydrogen-bond donors (Lipinski definition) is 0. The Balaban J connectivity index is 1.35. The van der Waals surface area contributed by atoms with Crippen molar-refractivity contribution < 1.29 is 14.3 Å². The van der Waals surface area contributed by atoms with Gasteiger partial charge in [0.25, 0.3) is 5.91 Å². The van der Waals surface area contributed by atoms with Gasteiger partial charge in [0.15, 0.2) is 11.5 Å². The Labute approximate surface area is 189 Å². The minimum Gasteiger partial charge on any atom is -0.486 e. The Bertz CT molecular complexity index is 1070. The molecule has 5 heteroatoms. The number of aryl methyl sites for hydroxylation is 1. The third-order valence-electron chi connectivity index (χ3n) is 6.27. The summed E-state index contributed by atoms with van der Waals surface area (Å²) in [5, 5.41) is 0. The average molecular weight is 429 g/mol. The zero-order valence-electron chi connectivity index (χ0n) is 18.4. The van der Waals surface area contributed by atoms with Gasteiger partial charge >= 0.3 is 0 Å². The molecule has 164 valence electrons. The summed E-state index contributed by atoms with van der Waals surface area (Å²) in [5.41, 5.74) is 4.41. The molecule has 32 heavy (non-hydrogen) atoms. The molecule has 5 rings (SSSR count). The molecule has 3 aromatic carbocycles. The number of piperazine rings is 1. The smallest absolute Gasteiger partial charge is 0.257 e. The van der Waals surface area contributed by atoms with Crippen molar-refractivity contribution in [2.24, 2.45) is 0 Å². The van der Waals surface area contributed by atoms with E-state index in [4.69, 9.17) is 9.47 Å². The van der Waals surface area contributed by atoms with Gasteiger partial charge in [0.2, 0.25) is 0 Å². The van der Waals surface area contributed by atoms with Gasteiger partial charge < -0.3 is 14.4 Å². The molecule has 0 bridgehead atoms. The van der Waals surface area contributed by atoms with E-state index in [0.29, 0.717) is 43.4 Å². The van der Waals surface area contributed by atoms with Gasteiger partial charge in [0, 0.05) is 26.2 Å². The first-order valence-corrected chi connectivity index (χ1v) is 11.2. The number of carbonyl (C=O) groups is 1. The van der Waals surface area contributed by atoms with Crippen LogP contribution in [0.25, 0.3) is 0 Å². The SMILES string of the molecule is Cc1ccc([C@H](c2ccccc2)N2CCN(C(=O)c3cccc4c3OCCO4)CC2)cc1. The number of ether oxygens (including phenoxy) is 2. The van der Waals surface area contributed by atoms with E-state index >= 15 is 0 Å². The van der Waals surface area contributed by atoms with E-state index in [9.17, 15) is 4.79 Å². The van der Waals surface area contributed by atoms with Gasteiger partial charge in [-0.2, -0.15) is 0 Å². The highest BCUT2D eigenvalue weighted by Gasteiger charge is 2.30. The van der Waals surface area contributed by atoms with Crippen LogP contribution < -0.4 is 9.47 Å². The lowest BCUT2D eigenvalue weighted by Crippen LogP contribution is -2.50. The Morgan fingerprint density at radius 1 is 0.781 bits per heavy atom. The molecular weight excluding hydrogens is 400 g/mol. The second kappa shape index (κ2) is 9.05. The summed E-state index contributed by atoms with van der Waals surface area (Å²) in [5.74, 6) is 1.25. The third kappa shape index (κ3) is 4.08. The van der Waals surface area contributed by atoms with Gasteiger partial charge in [-0.05, 0) is 30.2 Å². The van der Waals surface area contributed by atoms with Crippen molar-refractivity contribution in [3.63, 3.8) is 0 Å². The fraction of sp³-hybridized carbons (Fsp3) is 0.296. The van der Waals surface area contributed by atoms with Crippen molar-refractivity contribution in [1.82, 2.24) is 9.80 Å². The van der Waals surface area contributed by atoms with Crippen molar-refractivity contribution in [3.8, 4) is 11.5 Å². The first-order chi connectivity index (χ1) is 15.7. The first kappa shape index (κ1) is 20.6. The number of para-hydroxylation sites is 1. The van der Waals surface area contributed by atoms with E-state index in [-0.39, 0.29) is 11.9 Å². The summed E-state index contributed by atoms with van der Waals surface area (Å²) >= 11 is 0. The van der Waals surface area contributed by atoms with Crippen LogP contribution in [0, 0.1) is 6.92 Å². The zero-order chi connectivity index (χ0) is 21.9. The molecule has 0 unspecified atom stereocenters. The van der Waals surface area contributed by atoms with Crippen molar-refractivity contribution in [3.05, 3.63) is 95.1 Å². The summed E-state index contributed by atoms with van der Waals surface area (Å²) in [6.07, 6.45) is 0. The first-order valence-electron chi connectivity index (χ1n) is 11.2. The van der Waals surface area contributed by atoms with E-state index in [1.807, 2.05) is 23.1 Å². The standard InChI is InChI=1S/C27H28N2O3/c1-20-10-12-22(13-11-20)25(21-6-3-2-4-7-21)28-14-16-29(17-15-28)27(30)23-8-5-9-24-26(23)32-19-18-31-24/h2-13,25H,14-19H2,1H3/t25-/m0/s1. The quantitative estimate of drug-likeness (QED) is 0.621. The molecule has 1 atom stereocenters. The van der Waals surface area contributed by atoms with Crippen molar-refractivity contribution in [1.29, 1.82) is 0 Å². The third-order valence-corrected chi connectivity index (χ3v) is 6.27. The fourth-order valence-electron chi connectivity index (χ4n) is 4.59. The highest BCUT2D eigenvalue weighted by molar-refractivity contribution is 5.98. The van der Waals surface area contributed by atoms with E-state index in [1.54, 1.807) is 0 Å². The van der Waals surface area contributed by atoms with Gasteiger partial charge in [-0.25, -0.2) is 0 Å². The second-order valence-electron chi connectivity index (χ2n) is 8.38. The van der Waals surface area contributed by atoms with Crippen molar-refractivity contribution in [2.75, 3.05) is 39.4 Å². The lowest BCUT2D eigenvalue weighted by atomic mass is 9.95. The van der Waals surface area contributed by atoms with Crippen LogP contribution in [0.1, 0.15) is 33.1 Å². The maximum Gasteiger partial charge on any atom is 0.257 e. The maximum atomic E-state index is 13.3. The van der Waals surface area contributed by atoms with Gasteiger partial charge in [0.05, 0.1) is 11.6 Å². The molecule has 3 aromatic rings. The molecule has 0 aromatic heterocycles. The zero-order valence-corrected chi connectivity index (χ0v) is 18.4. The summed E-state index contributed by atoms with van der Waals surface area (Å²) in [6, 6.07) is 25.1. The molecule has 0 saturated carbocycles. The van der Waals surface area contributed by atoms with E-state index in [1.165, 1.54) is 16.7 Å². The molecule has 0 aliphatic carbocycles. The molecule has 2 aliphatic heterocycles. The van der Waals surface area contributed by atoms with Gasteiger partial charge in [0.1, 0.15) is 13.2 Å². The van der Waals surface area contributed by atoms with Crippen LogP contribution in [0.5, 0.6) is 11.5 Å². The average Bonchev–Trinajstić information content (AvgIpc) is 2.86. The summed E-state index contributed by atoms with van der Waals surface area (Å²) in [4.78, 5) is 17.7. The van der Waals surface area contributed by atoms with E-state index < -0.39 is 0 Å². The van der Waals surface area contributed by atoms with Crippen LogP contribution in [-0.4, -0.2) is 55.1 Å². The van der Waals surface area contributed by atoms with Crippen molar-refractivity contribution >= 4 is 5.91 Å². The Hall–Kier alpha value is -3.31. The van der Waals surface area contributed by atoms with Crippen LogP contribution in [0.2, 0.25) is 0 Å². The Morgan fingerprint density at radius 3 is 2.22 bits per heavy atom. The van der Waals surface area contributed by atoms with Crippen LogP contribution in [0.4, 0.5) is 0 Å². The van der Waals surface area contributed by atoms with Crippen molar-refractivity contribution in [2.45, 2.75) is 13.0 Å². The lowest BCUT2D eigenvalue weighted by Gasteiger charge is -2.40. The Morgan fingerprint density at radius 2 is 1.47 bits per heavy atom. The van der Waals surface area contributed by atoms with Crippen LogP contribution in [0.15, 0.2) is 72.8 Å². The molecule has 5 nitrogen and oxygen atoms in total. The van der Waals surface area contributed by atoms with E-state index in [0.717, 1.165) is 13.1 Å². The molecule has 0 N–H and O–H groups in total. The molecule has 1 fully saturated rings. The second-order valence-corrected chi connectivity index (χ2v) is 8.38. The Kier molecular flexibility index (Phi) is 5.82. The number of carbonyl (C=O) groups excluding carboxylic acids is 1. The van der Waals surface area contributed by atoms with Gasteiger partial charge in [-0.3, -0.25) is 9.69 Å². The maximum absolute atomic E-state index is 13.3. The molecular formula is C27H28N2O3. The topological polar surface area (TPSA) is 42.0 Å². The number of amides is 1. The predicted octanol–water partition coefficient (Wildman–Crippen LogP) is 4.31. The molecule has 1 amide bonds. The van der Waals surface area contributed by atoms with E-state index in [2.05, 4.69) is 66.4 Å². The van der Waals surface area contributed by atoms with Gasteiger partial charge in [-0.15, -0.1) is 0 Å². The largest absolute Gasteiger partial charge is 0.486 e. The number of rotatable bonds is 4. The van der Waals surface area contributed by atoms with Crippen LogP contribution >= 0.6 is 0 Å². The van der Waals surface area contributed by atoms with Crippen LogP contribution in [0.3, 0.4) is 0 Å². The molecule has 0 radical (unpaired) electrons. The molecule has 2 aliphatic rings. The molecule has 1 saturated heterocycles. The number of fused-ring (bicyclic) bond motifs is 1. The molecule has 2 heterocycles. The summed E-state index contributed by atoms with van der Waals surface area (Å²) in [6.45, 7) is 6.08.